The molecule has 0 unspecified atom stereocenters. The Morgan fingerprint density at radius 2 is 2.18 bits per heavy atom. The first-order chi connectivity index (χ1) is 13.6. The molecule has 4 aromatic rings. The topological polar surface area (TPSA) is 92.2 Å². The summed E-state index contributed by atoms with van der Waals surface area (Å²) in [5.74, 6) is -0.739. The third-order valence-corrected chi connectivity index (χ3v) is 5.16. The van der Waals surface area contributed by atoms with Gasteiger partial charge in [-0.25, -0.2) is 9.78 Å². The number of rotatable bonds is 7. The van der Waals surface area contributed by atoms with Gasteiger partial charge in [0.25, 0.3) is 0 Å². The Morgan fingerprint density at radius 1 is 1.32 bits per heavy atom. The minimum Gasteiger partial charge on any atom is -0.459 e. The number of nitrogens with zero attached hydrogens (tertiary/aromatic N) is 4. The van der Waals surface area contributed by atoms with Crippen LogP contribution >= 0.6 is 11.3 Å². The van der Waals surface area contributed by atoms with Crippen molar-refractivity contribution in [2.75, 3.05) is 0 Å². The van der Waals surface area contributed by atoms with Crippen LogP contribution < -0.4 is 5.76 Å². The van der Waals surface area contributed by atoms with Gasteiger partial charge in [0.2, 0.25) is 0 Å². The van der Waals surface area contributed by atoms with Crippen LogP contribution in [0.2, 0.25) is 0 Å². The number of oxazole rings is 1. The summed E-state index contributed by atoms with van der Waals surface area (Å²) in [5, 5.41) is 6.83. The fourth-order valence-electron chi connectivity index (χ4n) is 2.87. The maximum Gasteiger partial charge on any atom is 0.419 e. The summed E-state index contributed by atoms with van der Waals surface area (Å²) in [5.41, 5.74) is 2.91. The molecule has 0 spiro atoms. The molecule has 0 fully saturated rings. The Hall–Kier alpha value is -3.20. The summed E-state index contributed by atoms with van der Waals surface area (Å²) in [7, 11) is 1.85. The predicted molar refractivity (Wildman–Crippen MR) is 104 cm³/mol. The molecule has 0 radical (unpaired) electrons. The average molecular weight is 398 g/mol. The van der Waals surface area contributed by atoms with Crippen LogP contribution in [0, 0.1) is 0 Å². The predicted octanol–water partition coefficient (Wildman–Crippen LogP) is 2.98. The standard InChI is InChI=1S/C19H18N4O4S/c1-22-10-13(9-20-22)18-21-14(12-28-18)11-26-17(24)7-4-8-23-15-5-2-3-6-16(15)27-19(23)25/h2-3,5-6,9-10,12H,4,7-8,11H2,1H3. The van der Waals surface area contributed by atoms with Gasteiger partial charge in [0, 0.05) is 37.2 Å². The number of thiazole rings is 1. The van der Waals surface area contributed by atoms with E-state index >= 15 is 0 Å². The Bertz CT molecular complexity index is 1170. The molecule has 9 heteroatoms. The molecule has 0 saturated carbocycles. The molecule has 0 N–H and O–H groups in total. The first-order valence-electron chi connectivity index (χ1n) is 8.77. The molecule has 0 aliphatic heterocycles. The van der Waals surface area contributed by atoms with E-state index in [4.69, 9.17) is 9.15 Å². The largest absolute Gasteiger partial charge is 0.459 e. The van der Waals surface area contributed by atoms with E-state index in [9.17, 15) is 9.59 Å². The van der Waals surface area contributed by atoms with Gasteiger partial charge >= 0.3 is 11.7 Å². The maximum atomic E-state index is 12.0. The quantitative estimate of drug-likeness (QED) is 0.445. The van der Waals surface area contributed by atoms with Crippen molar-refractivity contribution in [3.63, 3.8) is 0 Å². The Balaban J connectivity index is 1.28. The Kier molecular flexibility index (Phi) is 5.07. The van der Waals surface area contributed by atoms with Crippen molar-refractivity contribution >= 4 is 28.4 Å². The fraction of sp³-hybridized carbons (Fsp3) is 0.263. The number of aromatic nitrogens is 4. The average Bonchev–Trinajstić information content (AvgIpc) is 3.39. The van der Waals surface area contributed by atoms with E-state index < -0.39 is 5.76 Å². The number of fused-ring (bicyclic) bond motifs is 1. The highest BCUT2D eigenvalue weighted by Crippen LogP contribution is 2.23. The molecule has 0 bridgehead atoms. The van der Waals surface area contributed by atoms with Crippen molar-refractivity contribution in [2.24, 2.45) is 7.05 Å². The van der Waals surface area contributed by atoms with E-state index in [1.54, 1.807) is 16.9 Å². The highest BCUT2D eigenvalue weighted by Gasteiger charge is 2.11. The van der Waals surface area contributed by atoms with Crippen molar-refractivity contribution in [1.82, 2.24) is 19.3 Å². The lowest BCUT2D eigenvalue weighted by molar-refractivity contribution is -0.145. The van der Waals surface area contributed by atoms with Crippen molar-refractivity contribution in [2.45, 2.75) is 26.0 Å². The number of ether oxygens (including phenoxy) is 1. The molecule has 28 heavy (non-hydrogen) atoms. The molecular weight excluding hydrogens is 380 g/mol. The third kappa shape index (κ3) is 3.89. The van der Waals surface area contributed by atoms with E-state index in [0.717, 1.165) is 16.1 Å². The van der Waals surface area contributed by atoms with E-state index in [0.29, 0.717) is 24.2 Å². The maximum absolute atomic E-state index is 12.0. The lowest BCUT2D eigenvalue weighted by Gasteiger charge is -2.04. The molecule has 1 aromatic carbocycles. The minimum atomic E-state index is -0.417. The summed E-state index contributed by atoms with van der Waals surface area (Å²) in [6.07, 6.45) is 4.33. The molecule has 8 nitrogen and oxygen atoms in total. The Labute approximate surface area is 164 Å². The molecule has 0 aliphatic rings. The second kappa shape index (κ2) is 7.81. The van der Waals surface area contributed by atoms with Gasteiger partial charge < -0.3 is 9.15 Å². The molecular formula is C19H18N4O4S. The van der Waals surface area contributed by atoms with Crippen LogP contribution in [-0.4, -0.2) is 25.3 Å². The lowest BCUT2D eigenvalue weighted by Crippen LogP contribution is -2.15. The van der Waals surface area contributed by atoms with Crippen molar-refractivity contribution in [1.29, 1.82) is 0 Å². The number of esters is 1. The van der Waals surface area contributed by atoms with Gasteiger partial charge in [-0.05, 0) is 18.6 Å². The minimum absolute atomic E-state index is 0.129. The summed E-state index contributed by atoms with van der Waals surface area (Å²) >= 11 is 1.48. The van der Waals surface area contributed by atoms with Crippen molar-refractivity contribution in [3.8, 4) is 10.6 Å². The smallest absolute Gasteiger partial charge is 0.419 e. The zero-order valence-corrected chi connectivity index (χ0v) is 16.0. The van der Waals surface area contributed by atoms with Crippen LogP contribution in [-0.2, 0) is 29.7 Å². The van der Waals surface area contributed by atoms with Crippen LogP contribution in [0.5, 0.6) is 0 Å². The highest BCUT2D eigenvalue weighted by atomic mass is 32.1. The summed E-state index contributed by atoms with van der Waals surface area (Å²) in [6, 6.07) is 7.22. The number of aryl methyl sites for hydroxylation is 2. The van der Waals surface area contributed by atoms with Crippen LogP contribution in [0.15, 0.2) is 51.3 Å². The molecule has 0 atom stereocenters. The second-order valence-electron chi connectivity index (χ2n) is 6.30. The molecule has 0 saturated heterocycles. The van der Waals surface area contributed by atoms with Gasteiger partial charge in [0.1, 0.15) is 11.6 Å². The number of hydrogen-bond donors (Lipinski definition) is 0. The molecule has 0 aliphatic carbocycles. The van der Waals surface area contributed by atoms with Gasteiger partial charge in [0.15, 0.2) is 5.58 Å². The molecule has 3 heterocycles. The zero-order chi connectivity index (χ0) is 19.5. The normalized spacial score (nSPS) is 11.2. The number of carbonyl (C=O) groups is 1. The summed E-state index contributed by atoms with van der Waals surface area (Å²) < 4.78 is 13.7. The zero-order valence-electron chi connectivity index (χ0n) is 15.2. The van der Waals surface area contributed by atoms with Crippen LogP contribution in [0.25, 0.3) is 21.7 Å². The van der Waals surface area contributed by atoms with Gasteiger partial charge in [0.05, 0.1) is 17.4 Å². The molecule has 4 rings (SSSR count). The van der Waals surface area contributed by atoms with Gasteiger partial charge in [-0.2, -0.15) is 5.10 Å². The van der Waals surface area contributed by atoms with Gasteiger partial charge in [-0.1, -0.05) is 12.1 Å². The SMILES string of the molecule is Cn1cc(-c2nc(COC(=O)CCCn3c(=O)oc4ccccc43)cs2)cn1. The summed E-state index contributed by atoms with van der Waals surface area (Å²) in [4.78, 5) is 28.4. The summed E-state index contributed by atoms with van der Waals surface area (Å²) in [6.45, 7) is 0.525. The lowest BCUT2D eigenvalue weighted by atomic mass is 10.3. The third-order valence-electron chi connectivity index (χ3n) is 4.22. The first kappa shape index (κ1) is 18.2. The molecule has 0 amide bonds. The van der Waals surface area contributed by atoms with Crippen LogP contribution in [0.4, 0.5) is 0 Å². The number of carbonyl (C=O) groups excluding carboxylic acids is 1. The van der Waals surface area contributed by atoms with E-state index in [1.807, 2.05) is 36.8 Å². The van der Waals surface area contributed by atoms with E-state index in [-0.39, 0.29) is 19.0 Å². The number of para-hydroxylation sites is 2. The van der Waals surface area contributed by atoms with Gasteiger partial charge in [-0.3, -0.25) is 14.0 Å². The van der Waals surface area contributed by atoms with Crippen molar-refractivity contribution in [3.05, 3.63) is 58.3 Å². The second-order valence-corrected chi connectivity index (χ2v) is 7.16. The Morgan fingerprint density at radius 3 is 3.00 bits per heavy atom. The number of hydrogen-bond acceptors (Lipinski definition) is 7. The van der Waals surface area contributed by atoms with Crippen LogP contribution in [0.1, 0.15) is 18.5 Å². The van der Waals surface area contributed by atoms with Gasteiger partial charge in [-0.15, -0.1) is 11.3 Å². The molecule has 144 valence electrons. The fourth-order valence-corrected chi connectivity index (χ4v) is 3.65. The van der Waals surface area contributed by atoms with E-state index in [2.05, 4.69) is 10.1 Å². The van der Waals surface area contributed by atoms with E-state index in [1.165, 1.54) is 15.9 Å². The monoisotopic (exact) mass is 398 g/mol. The van der Waals surface area contributed by atoms with Crippen LogP contribution in [0.3, 0.4) is 0 Å². The number of benzene rings is 1. The highest BCUT2D eigenvalue weighted by molar-refractivity contribution is 7.13. The van der Waals surface area contributed by atoms with Crippen molar-refractivity contribution < 1.29 is 13.9 Å². The molecule has 3 aromatic heterocycles. The first-order valence-corrected chi connectivity index (χ1v) is 9.65.